The predicted octanol–water partition coefficient (Wildman–Crippen LogP) is 5.34. The van der Waals surface area contributed by atoms with Crippen LogP contribution in [0.15, 0.2) is 52.9 Å². The maximum Gasteiger partial charge on any atom is 0.196 e. The van der Waals surface area contributed by atoms with Gasteiger partial charge in [0.05, 0.1) is 10.7 Å². The lowest BCUT2D eigenvalue weighted by Crippen LogP contribution is -2.47. The molecule has 150 valence electrons. The van der Waals surface area contributed by atoms with Crippen molar-refractivity contribution < 1.29 is 4.42 Å². The Hall–Kier alpha value is -2.50. The molecule has 1 aliphatic rings. The lowest BCUT2D eigenvalue weighted by molar-refractivity contribution is 0.627. The minimum Gasteiger partial charge on any atom is -0.450 e. The van der Waals surface area contributed by atoms with E-state index in [0.717, 1.165) is 77.0 Å². The summed E-state index contributed by atoms with van der Waals surface area (Å²) in [4.78, 5) is 14.2. The molecular formula is C22H22Cl2N4O. The van der Waals surface area contributed by atoms with Crippen molar-refractivity contribution in [1.29, 1.82) is 0 Å². The molecule has 5 rings (SSSR count). The third kappa shape index (κ3) is 3.49. The van der Waals surface area contributed by atoms with E-state index in [9.17, 15) is 0 Å². The van der Waals surface area contributed by atoms with Gasteiger partial charge in [-0.05, 0) is 24.3 Å². The molecule has 0 unspecified atom stereocenters. The topological polar surface area (TPSA) is 45.4 Å². The molecule has 4 aromatic rings. The highest BCUT2D eigenvalue weighted by Crippen LogP contribution is 2.34. The smallest absolute Gasteiger partial charge is 0.196 e. The molecule has 1 saturated heterocycles. The lowest BCUT2D eigenvalue weighted by atomic mass is 10.2. The predicted molar refractivity (Wildman–Crippen MR) is 122 cm³/mol. The highest BCUT2D eigenvalue weighted by Gasteiger charge is 2.24. The lowest BCUT2D eigenvalue weighted by Gasteiger charge is -2.37. The zero-order chi connectivity index (χ0) is 19.1. The zero-order valence-corrected chi connectivity index (χ0v) is 17.7. The number of piperazine rings is 1. The molecule has 7 heteroatoms. The Labute approximate surface area is 180 Å². The molecule has 2 aromatic carbocycles. The highest BCUT2D eigenvalue weighted by molar-refractivity contribution is 6.33. The largest absolute Gasteiger partial charge is 0.450 e. The van der Waals surface area contributed by atoms with E-state index in [1.807, 2.05) is 36.4 Å². The van der Waals surface area contributed by atoms with Crippen LogP contribution in [0.1, 0.15) is 12.7 Å². The van der Waals surface area contributed by atoms with Gasteiger partial charge >= 0.3 is 0 Å². The molecule has 0 saturated carbocycles. The van der Waals surface area contributed by atoms with Crippen molar-refractivity contribution in [3.63, 3.8) is 0 Å². The number of rotatable bonds is 3. The fourth-order valence-corrected chi connectivity index (χ4v) is 4.12. The van der Waals surface area contributed by atoms with Gasteiger partial charge < -0.3 is 14.2 Å². The standard InChI is InChI=1S/C22H21ClN4O.ClH/c1-2-19-24-20-15-7-3-6-10-18(15)28-21(20)22(25-19)27-13-11-26(12-14-27)17-9-5-4-8-16(17)23;/h3-10H,2,11-14H2,1H3;1H. The number of benzene rings is 2. The molecule has 0 aliphatic carbocycles. The van der Waals surface area contributed by atoms with Crippen LogP contribution in [-0.2, 0) is 6.42 Å². The number of aryl methyl sites for hydroxylation is 1. The first-order valence-electron chi connectivity index (χ1n) is 9.67. The van der Waals surface area contributed by atoms with Gasteiger partial charge in [0.25, 0.3) is 0 Å². The first-order valence-corrected chi connectivity index (χ1v) is 10.0. The number of aromatic nitrogens is 2. The Bertz CT molecular complexity index is 1150. The van der Waals surface area contributed by atoms with Crippen LogP contribution in [0.25, 0.3) is 22.1 Å². The molecule has 29 heavy (non-hydrogen) atoms. The van der Waals surface area contributed by atoms with Gasteiger partial charge in [0.2, 0.25) is 0 Å². The summed E-state index contributed by atoms with van der Waals surface area (Å²) in [5, 5.41) is 1.84. The summed E-state index contributed by atoms with van der Waals surface area (Å²) >= 11 is 6.38. The third-order valence-corrected chi connectivity index (χ3v) is 5.66. The average molecular weight is 429 g/mol. The van der Waals surface area contributed by atoms with E-state index in [1.165, 1.54) is 0 Å². The van der Waals surface area contributed by atoms with Crippen molar-refractivity contribution in [3.05, 3.63) is 59.4 Å². The van der Waals surface area contributed by atoms with Crippen molar-refractivity contribution in [1.82, 2.24) is 9.97 Å². The average Bonchev–Trinajstić information content (AvgIpc) is 3.12. The van der Waals surface area contributed by atoms with Crippen LogP contribution in [0.5, 0.6) is 0 Å². The molecule has 0 amide bonds. The van der Waals surface area contributed by atoms with Crippen molar-refractivity contribution in [2.75, 3.05) is 36.0 Å². The van der Waals surface area contributed by atoms with Crippen LogP contribution in [0.4, 0.5) is 11.5 Å². The number of anilines is 2. The second kappa shape index (κ2) is 8.09. The van der Waals surface area contributed by atoms with Gasteiger partial charge in [-0.2, -0.15) is 0 Å². The van der Waals surface area contributed by atoms with Crippen LogP contribution >= 0.6 is 24.0 Å². The van der Waals surface area contributed by atoms with E-state index < -0.39 is 0 Å². The minimum atomic E-state index is 0. The van der Waals surface area contributed by atoms with E-state index >= 15 is 0 Å². The maximum atomic E-state index is 6.38. The molecule has 1 fully saturated rings. The van der Waals surface area contributed by atoms with Gasteiger partial charge in [-0.1, -0.05) is 42.8 Å². The molecule has 5 nitrogen and oxygen atoms in total. The number of fused-ring (bicyclic) bond motifs is 3. The zero-order valence-electron chi connectivity index (χ0n) is 16.1. The maximum absolute atomic E-state index is 6.38. The monoisotopic (exact) mass is 428 g/mol. The quantitative estimate of drug-likeness (QED) is 0.440. The van der Waals surface area contributed by atoms with E-state index in [1.54, 1.807) is 0 Å². The fraction of sp³-hybridized carbons (Fsp3) is 0.273. The summed E-state index contributed by atoms with van der Waals surface area (Å²) in [5.74, 6) is 1.75. The Kier molecular flexibility index (Phi) is 5.52. The number of halogens is 2. The van der Waals surface area contributed by atoms with Crippen molar-refractivity contribution >= 4 is 57.6 Å². The van der Waals surface area contributed by atoms with Gasteiger partial charge in [0, 0.05) is 38.0 Å². The number of hydrogen-bond donors (Lipinski definition) is 0. The van der Waals surface area contributed by atoms with Crippen LogP contribution in [-0.4, -0.2) is 36.1 Å². The summed E-state index contributed by atoms with van der Waals surface area (Å²) < 4.78 is 6.17. The van der Waals surface area contributed by atoms with Gasteiger partial charge in [-0.3, -0.25) is 0 Å². The molecule has 0 atom stereocenters. The molecule has 0 bridgehead atoms. The highest BCUT2D eigenvalue weighted by atomic mass is 35.5. The third-order valence-electron chi connectivity index (χ3n) is 5.34. The van der Waals surface area contributed by atoms with E-state index in [2.05, 4.69) is 28.9 Å². The fourth-order valence-electron chi connectivity index (χ4n) is 3.86. The van der Waals surface area contributed by atoms with Gasteiger partial charge in [-0.25, -0.2) is 9.97 Å². The van der Waals surface area contributed by atoms with Crippen molar-refractivity contribution in [2.24, 2.45) is 0 Å². The summed E-state index contributed by atoms with van der Waals surface area (Å²) in [7, 11) is 0. The van der Waals surface area contributed by atoms with Crippen molar-refractivity contribution in [3.8, 4) is 0 Å². The number of nitrogens with zero attached hydrogens (tertiary/aromatic N) is 4. The summed E-state index contributed by atoms with van der Waals surface area (Å²) in [6, 6.07) is 16.1. The Morgan fingerprint density at radius 2 is 1.62 bits per heavy atom. The molecule has 0 radical (unpaired) electrons. The summed E-state index contributed by atoms with van der Waals surface area (Å²) in [6.07, 6.45) is 0.794. The van der Waals surface area contributed by atoms with Crippen LogP contribution in [0.2, 0.25) is 5.02 Å². The molecule has 2 aromatic heterocycles. The Balaban J connectivity index is 0.00000205. The molecule has 0 N–H and O–H groups in total. The summed E-state index contributed by atoms with van der Waals surface area (Å²) in [6.45, 7) is 5.57. The van der Waals surface area contributed by atoms with Crippen LogP contribution in [0, 0.1) is 0 Å². The van der Waals surface area contributed by atoms with E-state index in [0.29, 0.717) is 0 Å². The van der Waals surface area contributed by atoms with Gasteiger partial charge in [-0.15, -0.1) is 12.4 Å². The minimum absolute atomic E-state index is 0. The first-order chi connectivity index (χ1) is 13.7. The number of furan rings is 1. The second-order valence-electron chi connectivity index (χ2n) is 7.02. The summed E-state index contributed by atoms with van der Waals surface area (Å²) in [5.41, 5.74) is 3.64. The Morgan fingerprint density at radius 3 is 2.38 bits per heavy atom. The molecule has 0 spiro atoms. The van der Waals surface area contributed by atoms with Crippen LogP contribution in [0.3, 0.4) is 0 Å². The first kappa shape index (κ1) is 19.8. The SMILES string of the molecule is CCc1nc(N2CCN(c3ccccc3Cl)CC2)c2oc3ccccc3c2n1.Cl. The van der Waals surface area contributed by atoms with Gasteiger partial charge in [0.1, 0.15) is 16.9 Å². The molecular weight excluding hydrogens is 407 g/mol. The number of para-hydroxylation sites is 2. The normalized spacial score (nSPS) is 14.4. The molecule has 1 aliphatic heterocycles. The van der Waals surface area contributed by atoms with E-state index in [4.69, 9.17) is 26.0 Å². The van der Waals surface area contributed by atoms with Gasteiger partial charge in [0.15, 0.2) is 11.4 Å². The second-order valence-corrected chi connectivity index (χ2v) is 7.43. The van der Waals surface area contributed by atoms with Crippen LogP contribution < -0.4 is 9.80 Å². The number of hydrogen-bond acceptors (Lipinski definition) is 5. The molecule has 3 heterocycles. The van der Waals surface area contributed by atoms with E-state index in [-0.39, 0.29) is 12.4 Å². The van der Waals surface area contributed by atoms with Crippen molar-refractivity contribution in [2.45, 2.75) is 13.3 Å². The Morgan fingerprint density at radius 1 is 0.931 bits per heavy atom.